The summed E-state index contributed by atoms with van der Waals surface area (Å²) in [5.74, 6) is -1.10. The van der Waals surface area contributed by atoms with E-state index in [1.807, 2.05) is 6.92 Å². The Morgan fingerprint density at radius 3 is 2.75 bits per heavy atom. The molecule has 6 heteroatoms. The van der Waals surface area contributed by atoms with Crippen molar-refractivity contribution in [3.05, 3.63) is 29.8 Å². The van der Waals surface area contributed by atoms with Gasteiger partial charge in [-0.1, -0.05) is 25.5 Å². The van der Waals surface area contributed by atoms with E-state index in [9.17, 15) is 14.7 Å². The lowest BCUT2D eigenvalue weighted by molar-refractivity contribution is -0.139. The van der Waals surface area contributed by atoms with E-state index in [0.717, 1.165) is 12.8 Å². The van der Waals surface area contributed by atoms with Crippen LogP contribution in [0.15, 0.2) is 24.3 Å². The minimum atomic E-state index is -1.15. The number of alkyl carbamates (subject to hydrolysis) is 1. The van der Waals surface area contributed by atoms with Gasteiger partial charge < -0.3 is 20.3 Å². The number of benzene rings is 1. The number of carbonyl (C=O) groups excluding carboxylic acids is 1. The Labute approximate surface area is 117 Å². The van der Waals surface area contributed by atoms with Gasteiger partial charge in [-0.15, -0.1) is 0 Å². The monoisotopic (exact) mass is 281 g/mol. The summed E-state index contributed by atoms with van der Waals surface area (Å²) in [6.45, 7) is 2.23. The summed E-state index contributed by atoms with van der Waals surface area (Å²) in [7, 11) is 0. The van der Waals surface area contributed by atoms with Crippen LogP contribution in [0.5, 0.6) is 5.75 Å². The Bertz CT molecular complexity index is 461. The number of carboxylic acid groups (broad SMARTS) is 1. The number of hydrogen-bond acceptors (Lipinski definition) is 4. The van der Waals surface area contributed by atoms with Crippen LogP contribution in [0.1, 0.15) is 25.3 Å². The molecular weight excluding hydrogens is 262 g/mol. The zero-order valence-electron chi connectivity index (χ0n) is 11.3. The Kier molecular flexibility index (Phi) is 6.36. The molecule has 0 saturated carbocycles. The third-order valence-corrected chi connectivity index (χ3v) is 2.67. The number of carbonyl (C=O) groups is 2. The van der Waals surface area contributed by atoms with Crippen LogP contribution < -0.4 is 5.32 Å². The average molecular weight is 281 g/mol. The molecular formula is C14H19NO5. The van der Waals surface area contributed by atoms with Crippen molar-refractivity contribution in [1.29, 1.82) is 0 Å². The molecule has 0 aliphatic rings. The topological polar surface area (TPSA) is 95.9 Å². The zero-order valence-corrected chi connectivity index (χ0v) is 11.3. The van der Waals surface area contributed by atoms with Crippen molar-refractivity contribution in [2.75, 3.05) is 6.61 Å². The lowest BCUT2D eigenvalue weighted by atomic mass is 10.1. The number of phenols is 1. The predicted octanol–water partition coefficient (Wildman–Crippen LogP) is 1.91. The van der Waals surface area contributed by atoms with Crippen LogP contribution in [0, 0.1) is 0 Å². The largest absolute Gasteiger partial charge is 0.508 e. The molecule has 1 rings (SSSR count). The summed E-state index contributed by atoms with van der Waals surface area (Å²) in [5.41, 5.74) is 0.617. The molecule has 0 radical (unpaired) electrons. The number of ether oxygens (including phenoxy) is 1. The summed E-state index contributed by atoms with van der Waals surface area (Å²) in [6, 6.07) is 5.15. The molecule has 0 saturated heterocycles. The van der Waals surface area contributed by atoms with Crippen LogP contribution in [0.2, 0.25) is 0 Å². The Hall–Kier alpha value is -2.24. The molecule has 0 spiro atoms. The van der Waals surface area contributed by atoms with Gasteiger partial charge in [0.2, 0.25) is 0 Å². The maximum atomic E-state index is 11.4. The molecule has 1 atom stereocenters. The number of phenolic OH excluding ortho intramolecular Hbond substituents is 1. The maximum Gasteiger partial charge on any atom is 0.407 e. The molecule has 0 aliphatic carbocycles. The van der Waals surface area contributed by atoms with E-state index >= 15 is 0 Å². The third kappa shape index (κ3) is 5.60. The van der Waals surface area contributed by atoms with Crippen LogP contribution in [-0.4, -0.2) is 34.9 Å². The van der Waals surface area contributed by atoms with Gasteiger partial charge in [0.1, 0.15) is 11.8 Å². The van der Waals surface area contributed by atoms with E-state index in [1.54, 1.807) is 12.1 Å². The molecule has 0 aliphatic heterocycles. The summed E-state index contributed by atoms with van der Waals surface area (Å²) >= 11 is 0. The van der Waals surface area contributed by atoms with Gasteiger partial charge >= 0.3 is 12.1 Å². The number of amides is 1. The molecule has 0 heterocycles. The molecule has 20 heavy (non-hydrogen) atoms. The van der Waals surface area contributed by atoms with Gasteiger partial charge in [0.15, 0.2) is 0 Å². The second-order valence-corrected chi connectivity index (χ2v) is 4.40. The molecule has 1 unspecified atom stereocenters. The molecule has 1 aromatic carbocycles. The second kappa shape index (κ2) is 8.04. The molecule has 1 amide bonds. The fourth-order valence-corrected chi connectivity index (χ4v) is 1.61. The number of carboxylic acids is 1. The lowest BCUT2D eigenvalue weighted by Crippen LogP contribution is -2.42. The first kappa shape index (κ1) is 15.8. The summed E-state index contributed by atoms with van der Waals surface area (Å²) < 4.78 is 4.86. The number of rotatable bonds is 7. The van der Waals surface area contributed by atoms with Crippen LogP contribution in [0.4, 0.5) is 4.79 Å². The Morgan fingerprint density at radius 1 is 1.40 bits per heavy atom. The van der Waals surface area contributed by atoms with E-state index in [2.05, 4.69) is 5.32 Å². The summed E-state index contributed by atoms with van der Waals surface area (Å²) in [5, 5.41) is 20.7. The average Bonchev–Trinajstić information content (AvgIpc) is 2.38. The number of unbranched alkanes of at least 4 members (excludes halogenated alkanes) is 1. The van der Waals surface area contributed by atoms with Gasteiger partial charge in [-0.25, -0.2) is 9.59 Å². The van der Waals surface area contributed by atoms with Crippen LogP contribution in [0.3, 0.4) is 0 Å². The van der Waals surface area contributed by atoms with Crippen molar-refractivity contribution in [2.24, 2.45) is 0 Å². The minimum Gasteiger partial charge on any atom is -0.508 e. The van der Waals surface area contributed by atoms with E-state index in [-0.39, 0.29) is 18.8 Å². The molecule has 0 fully saturated rings. The van der Waals surface area contributed by atoms with E-state index in [4.69, 9.17) is 9.84 Å². The minimum absolute atomic E-state index is 0.0529. The number of aromatic hydroxyl groups is 1. The van der Waals surface area contributed by atoms with Crippen LogP contribution >= 0.6 is 0 Å². The molecule has 3 N–H and O–H groups in total. The second-order valence-electron chi connectivity index (χ2n) is 4.40. The quantitative estimate of drug-likeness (QED) is 0.663. The first-order valence-corrected chi connectivity index (χ1v) is 6.47. The fourth-order valence-electron chi connectivity index (χ4n) is 1.61. The molecule has 110 valence electrons. The van der Waals surface area contributed by atoms with E-state index < -0.39 is 18.1 Å². The normalized spacial score (nSPS) is 11.7. The standard InChI is InChI=1S/C14H19NO5/c1-2-3-7-20-14(19)15-12(13(17)18)9-10-5-4-6-11(16)8-10/h4-6,8,12,16H,2-3,7,9H2,1H3,(H,15,19)(H,17,18). The van der Waals surface area contributed by atoms with Crippen molar-refractivity contribution in [2.45, 2.75) is 32.2 Å². The fraction of sp³-hybridized carbons (Fsp3) is 0.429. The SMILES string of the molecule is CCCCOC(=O)NC(Cc1cccc(O)c1)C(=O)O. The van der Waals surface area contributed by atoms with E-state index in [1.165, 1.54) is 12.1 Å². The third-order valence-electron chi connectivity index (χ3n) is 2.67. The van der Waals surface area contributed by atoms with Crippen LogP contribution in [-0.2, 0) is 16.0 Å². The molecule has 0 aromatic heterocycles. The highest BCUT2D eigenvalue weighted by Crippen LogP contribution is 2.12. The van der Waals surface area contributed by atoms with Gasteiger partial charge in [-0.05, 0) is 24.1 Å². The number of nitrogens with one attached hydrogen (secondary N) is 1. The van der Waals surface area contributed by atoms with Crippen molar-refractivity contribution >= 4 is 12.1 Å². The first-order chi connectivity index (χ1) is 9.52. The van der Waals surface area contributed by atoms with Gasteiger partial charge in [-0.3, -0.25) is 0 Å². The first-order valence-electron chi connectivity index (χ1n) is 6.47. The van der Waals surface area contributed by atoms with Gasteiger partial charge in [0.05, 0.1) is 6.61 Å². The van der Waals surface area contributed by atoms with Crippen molar-refractivity contribution in [1.82, 2.24) is 5.32 Å². The molecule has 6 nitrogen and oxygen atoms in total. The lowest BCUT2D eigenvalue weighted by Gasteiger charge is -2.14. The smallest absolute Gasteiger partial charge is 0.407 e. The Morgan fingerprint density at radius 2 is 2.15 bits per heavy atom. The highest BCUT2D eigenvalue weighted by Gasteiger charge is 2.21. The molecule has 1 aromatic rings. The number of aliphatic carboxylic acids is 1. The maximum absolute atomic E-state index is 11.4. The summed E-state index contributed by atoms with van der Waals surface area (Å²) in [6.07, 6.45) is 0.953. The number of hydrogen-bond donors (Lipinski definition) is 3. The summed E-state index contributed by atoms with van der Waals surface area (Å²) in [4.78, 5) is 22.6. The van der Waals surface area contributed by atoms with Crippen molar-refractivity contribution in [3.8, 4) is 5.75 Å². The van der Waals surface area contributed by atoms with Crippen LogP contribution in [0.25, 0.3) is 0 Å². The van der Waals surface area contributed by atoms with Crippen molar-refractivity contribution in [3.63, 3.8) is 0 Å². The van der Waals surface area contributed by atoms with E-state index in [0.29, 0.717) is 5.56 Å². The van der Waals surface area contributed by atoms with Gasteiger partial charge in [0, 0.05) is 6.42 Å². The predicted molar refractivity (Wildman–Crippen MR) is 72.6 cm³/mol. The zero-order chi connectivity index (χ0) is 15.0. The van der Waals surface area contributed by atoms with Gasteiger partial charge in [0.25, 0.3) is 0 Å². The van der Waals surface area contributed by atoms with Crippen molar-refractivity contribution < 1.29 is 24.5 Å². The molecule has 0 bridgehead atoms. The highest BCUT2D eigenvalue weighted by molar-refractivity contribution is 5.80. The van der Waals surface area contributed by atoms with Gasteiger partial charge in [-0.2, -0.15) is 0 Å². The highest BCUT2D eigenvalue weighted by atomic mass is 16.5. The Balaban J connectivity index is 2.56.